The van der Waals surface area contributed by atoms with Gasteiger partial charge in [0.25, 0.3) is 17.7 Å². The fourth-order valence-corrected chi connectivity index (χ4v) is 3.37. The minimum absolute atomic E-state index is 0.174. The fourth-order valence-electron chi connectivity index (χ4n) is 3.37. The molecule has 1 unspecified atom stereocenters. The van der Waals surface area contributed by atoms with E-state index in [1.807, 2.05) is 30.3 Å². The molecule has 0 aliphatic carbocycles. The second-order valence-electron chi connectivity index (χ2n) is 7.48. The zero-order chi connectivity index (χ0) is 21.8. The van der Waals surface area contributed by atoms with E-state index in [1.165, 1.54) is 30.2 Å². The average Bonchev–Trinajstić information content (AvgIpc) is 2.99. The van der Waals surface area contributed by atoms with Crippen molar-refractivity contribution in [3.63, 3.8) is 0 Å². The summed E-state index contributed by atoms with van der Waals surface area (Å²) in [4.78, 5) is 51.2. The van der Waals surface area contributed by atoms with Crippen LogP contribution in [0.1, 0.15) is 50.5 Å². The molecule has 156 valence electrons. The minimum atomic E-state index is -0.810. The van der Waals surface area contributed by atoms with E-state index in [0.717, 1.165) is 5.56 Å². The number of esters is 1. The Morgan fingerprint density at radius 3 is 2.30 bits per heavy atom. The van der Waals surface area contributed by atoms with Crippen LogP contribution >= 0.6 is 0 Å². The number of amides is 3. The molecule has 3 amide bonds. The summed E-state index contributed by atoms with van der Waals surface area (Å²) in [7, 11) is 1.26. The number of ether oxygens (including phenoxy) is 1. The van der Waals surface area contributed by atoms with Gasteiger partial charge >= 0.3 is 5.97 Å². The third-order valence-electron chi connectivity index (χ3n) is 5.11. The topological polar surface area (TPSA) is 92.8 Å². The first kappa shape index (κ1) is 21.2. The van der Waals surface area contributed by atoms with Gasteiger partial charge in [-0.25, -0.2) is 4.79 Å². The number of fused-ring (bicyclic) bond motifs is 1. The van der Waals surface area contributed by atoms with E-state index in [-0.39, 0.29) is 35.1 Å². The first-order valence-electron chi connectivity index (χ1n) is 9.76. The molecular weight excluding hydrogens is 384 g/mol. The van der Waals surface area contributed by atoms with Gasteiger partial charge in [0.15, 0.2) is 0 Å². The highest BCUT2D eigenvalue weighted by atomic mass is 16.5. The van der Waals surface area contributed by atoms with Crippen molar-refractivity contribution in [3.8, 4) is 0 Å². The zero-order valence-electron chi connectivity index (χ0n) is 17.2. The van der Waals surface area contributed by atoms with Crippen LogP contribution < -0.4 is 5.32 Å². The molecule has 2 aromatic rings. The van der Waals surface area contributed by atoms with Gasteiger partial charge < -0.3 is 10.1 Å². The average molecular weight is 408 g/mol. The Morgan fingerprint density at radius 1 is 1.00 bits per heavy atom. The van der Waals surface area contributed by atoms with Crippen LogP contribution in [0.4, 0.5) is 0 Å². The van der Waals surface area contributed by atoms with Crippen LogP contribution in [-0.4, -0.2) is 48.3 Å². The molecule has 3 rings (SSSR count). The van der Waals surface area contributed by atoms with Crippen LogP contribution in [0, 0.1) is 5.92 Å². The minimum Gasteiger partial charge on any atom is -0.467 e. The fraction of sp³-hybridized carbons (Fsp3) is 0.304. The Hall–Kier alpha value is -3.48. The number of hydrogen-bond acceptors (Lipinski definition) is 5. The summed E-state index contributed by atoms with van der Waals surface area (Å²) >= 11 is 0. The van der Waals surface area contributed by atoms with Gasteiger partial charge in [-0.05, 0) is 36.1 Å². The predicted octanol–water partition coefficient (Wildman–Crippen LogP) is 2.45. The predicted molar refractivity (Wildman–Crippen MR) is 110 cm³/mol. The second kappa shape index (κ2) is 8.90. The molecule has 1 atom stereocenters. The maximum Gasteiger partial charge on any atom is 0.328 e. The molecule has 2 aromatic carbocycles. The molecule has 7 nitrogen and oxygen atoms in total. The molecule has 0 spiro atoms. The SMILES string of the molecule is COC(=O)C(NC(=O)c1ccc2c(c1)C(=O)N(CCc1ccccc1)C2=O)C(C)C. The molecule has 0 fully saturated rings. The summed E-state index contributed by atoms with van der Waals surface area (Å²) in [5.41, 5.74) is 1.70. The molecule has 0 bridgehead atoms. The number of nitrogens with zero attached hydrogens (tertiary/aromatic N) is 1. The van der Waals surface area contributed by atoms with Crippen LogP contribution in [0.15, 0.2) is 48.5 Å². The molecule has 7 heteroatoms. The molecule has 0 radical (unpaired) electrons. The van der Waals surface area contributed by atoms with Gasteiger partial charge in [0.1, 0.15) is 6.04 Å². The number of hydrogen-bond donors (Lipinski definition) is 1. The molecule has 0 saturated heterocycles. The highest BCUT2D eigenvalue weighted by molar-refractivity contribution is 6.22. The highest BCUT2D eigenvalue weighted by Crippen LogP contribution is 2.24. The summed E-state index contributed by atoms with van der Waals surface area (Å²) in [6, 6.07) is 13.1. The summed E-state index contributed by atoms with van der Waals surface area (Å²) in [5.74, 6) is -2.02. The van der Waals surface area contributed by atoms with Gasteiger partial charge in [0.05, 0.1) is 18.2 Å². The van der Waals surface area contributed by atoms with Gasteiger partial charge in [-0.2, -0.15) is 0 Å². The van der Waals surface area contributed by atoms with Crippen molar-refractivity contribution in [1.82, 2.24) is 10.2 Å². The molecule has 30 heavy (non-hydrogen) atoms. The number of imide groups is 1. The number of carbonyl (C=O) groups is 4. The lowest BCUT2D eigenvalue weighted by Gasteiger charge is -2.19. The van der Waals surface area contributed by atoms with E-state index in [9.17, 15) is 19.2 Å². The smallest absolute Gasteiger partial charge is 0.328 e. The number of rotatable bonds is 7. The van der Waals surface area contributed by atoms with Gasteiger partial charge in [-0.15, -0.1) is 0 Å². The van der Waals surface area contributed by atoms with Crippen molar-refractivity contribution in [1.29, 1.82) is 0 Å². The van der Waals surface area contributed by atoms with Crippen LogP contribution in [0.2, 0.25) is 0 Å². The monoisotopic (exact) mass is 408 g/mol. The molecule has 1 aliphatic rings. The number of methoxy groups -OCH3 is 1. The van der Waals surface area contributed by atoms with Crippen molar-refractivity contribution in [2.24, 2.45) is 5.92 Å². The van der Waals surface area contributed by atoms with Gasteiger partial charge in [-0.3, -0.25) is 19.3 Å². The Labute approximate surface area is 175 Å². The van der Waals surface area contributed by atoms with E-state index in [0.29, 0.717) is 6.42 Å². The number of nitrogens with one attached hydrogen (secondary N) is 1. The van der Waals surface area contributed by atoms with Crippen molar-refractivity contribution in [2.75, 3.05) is 13.7 Å². The standard InChI is InChI=1S/C23H24N2O5/c1-14(2)19(23(29)30-3)24-20(26)16-9-10-17-18(13-16)22(28)25(21(17)27)12-11-15-7-5-4-6-8-15/h4-10,13-14,19H,11-12H2,1-3H3,(H,24,26). The lowest BCUT2D eigenvalue weighted by Crippen LogP contribution is -2.45. The maximum absolute atomic E-state index is 12.8. The van der Waals surface area contributed by atoms with Crippen molar-refractivity contribution < 1.29 is 23.9 Å². The summed E-state index contributed by atoms with van der Waals surface area (Å²) in [6.07, 6.45) is 0.550. The summed E-state index contributed by atoms with van der Waals surface area (Å²) in [5, 5.41) is 2.64. The third kappa shape index (κ3) is 4.25. The van der Waals surface area contributed by atoms with Crippen LogP contribution in [0.25, 0.3) is 0 Å². The summed E-state index contributed by atoms with van der Waals surface area (Å²) < 4.78 is 4.73. The molecule has 0 saturated carbocycles. The van der Waals surface area contributed by atoms with Crippen LogP contribution in [-0.2, 0) is 16.0 Å². The third-order valence-corrected chi connectivity index (χ3v) is 5.11. The van der Waals surface area contributed by atoms with Gasteiger partial charge in [0.2, 0.25) is 0 Å². The molecule has 1 N–H and O–H groups in total. The van der Waals surface area contributed by atoms with E-state index in [2.05, 4.69) is 5.32 Å². The van der Waals surface area contributed by atoms with E-state index in [4.69, 9.17) is 4.74 Å². The summed E-state index contributed by atoms with van der Waals surface area (Å²) in [6.45, 7) is 3.84. The van der Waals surface area contributed by atoms with Crippen LogP contribution in [0.3, 0.4) is 0 Å². The second-order valence-corrected chi connectivity index (χ2v) is 7.48. The molecule has 1 heterocycles. The Bertz CT molecular complexity index is 984. The Balaban J connectivity index is 1.76. The van der Waals surface area contributed by atoms with E-state index in [1.54, 1.807) is 13.8 Å². The first-order chi connectivity index (χ1) is 14.3. The zero-order valence-corrected chi connectivity index (χ0v) is 17.2. The lowest BCUT2D eigenvalue weighted by molar-refractivity contribution is -0.144. The number of benzene rings is 2. The molecular formula is C23H24N2O5. The largest absolute Gasteiger partial charge is 0.467 e. The van der Waals surface area contributed by atoms with Gasteiger partial charge in [-0.1, -0.05) is 44.2 Å². The van der Waals surface area contributed by atoms with Crippen LogP contribution in [0.5, 0.6) is 0 Å². The first-order valence-corrected chi connectivity index (χ1v) is 9.76. The Kier molecular flexibility index (Phi) is 6.30. The lowest BCUT2D eigenvalue weighted by atomic mass is 10.0. The van der Waals surface area contributed by atoms with Crippen molar-refractivity contribution in [2.45, 2.75) is 26.3 Å². The van der Waals surface area contributed by atoms with Gasteiger partial charge in [0, 0.05) is 12.1 Å². The molecule has 0 aromatic heterocycles. The van der Waals surface area contributed by atoms with Crippen molar-refractivity contribution >= 4 is 23.7 Å². The van der Waals surface area contributed by atoms with Crippen molar-refractivity contribution in [3.05, 3.63) is 70.8 Å². The molecule has 1 aliphatic heterocycles. The van der Waals surface area contributed by atoms with E-state index >= 15 is 0 Å². The number of carbonyl (C=O) groups excluding carboxylic acids is 4. The Morgan fingerprint density at radius 2 is 1.67 bits per heavy atom. The normalized spacial score (nSPS) is 13.9. The maximum atomic E-state index is 12.8. The highest BCUT2D eigenvalue weighted by Gasteiger charge is 2.36. The van der Waals surface area contributed by atoms with E-state index < -0.39 is 23.8 Å². The quantitative estimate of drug-likeness (QED) is 0.561.